The molecule has 6 heteroatoms. The zero-order valence-corrected chi connectivity index (χ0v) is 15.6. The number of hydrogen-bond donors (Lipinski definition) is 2. The fraction of sp³-hybridized carbons (Fsp3) is 0.579. The van der Waals surface area contributed by atoms with Crippen molar-refractivity contribution in [2.45, 2.75) is 52.6 Å². The molecule has 0 spiro atoms. The van der Waals surface area contributed by atoms with Gasteiger partial charge in [-0.25, -0.2) is 4.79 Å². The molecular weight excluding hydrogens is 320 g/mol. The van der Waals surface area contributed by atoms with E-state index in [9.17, 15) is 14.4 Å². The Balaban J connectivity index is 2.83. The smallest absolute Gasteiger partial charge is 0.328 e. The van der Waals surface area contributed by atoms with Crippen LogP contribution in [0.2, 0.25) is 0 Å². The number of rotatable bonds is 9. The zero-order chi connectivity index (χ0) is 19.0. The van der Waals surface area contributed by atoms with Gasteiger partial charge in [-0.2, -0.15) is 0 Å². The fourth-order valence-electron chi connectivity index (χ4n) is 2.51. The van der Waals surface area contributed by atoms with Gasteiger partial charge in [-0.05, 0) is 36.8 Å². The number of amides is 2. The third-order valence-electron chi connectivity index (χ3n) is 3.68. The molecule has 0 saturated heterocycles. The van der Waals surface area contributed by atoms with Gasteiger partial charge < -0.3 is 15.4 Å². The van der Waals surface area contributed by atoms with E-state index in [1.807, 2.05) is 27.7 Å². The number of carbonyl (C=O) groups is 3. The maximum atomic E-state index is 12.7. The van der Waals surface area contributed by atoms with Crippen molar-refractivity contribution >= 4 is 17.8 Å². The Hall–Kier alpha value is -2.33. The number of nitrogens with one attached hydrogen (secondary N) is 2. The SMILES string of the molecule is COC(=O)[C@H](CC(C)C)NC(=O)[C@H](CC(C)C)NC(=O)C1=C=CC=C1. The molecule has 0 unspecified atom stereocenters. The Labute approximate surface area is 149 Å². The first-order valence-corrected chi connectivity index (χ1v) is 8.57. The lowest BCUT2D eigenvalue weighted by Gasteiger charge is -2.24. The largest absolute Gasteiger partial charge is 0.467 e. The molecule has 2 N–H and O–H groups in total. The number of methoxy groups -OCH3 is 1. The van der Waals surface area contributed by atoms with Crippen LogP contribution in [0.15, 0.2) is 29.5 Å². The summed E-state index contributed by atoms with van der Waals surface area (Å²) in [5.41, 5.74) is 3.19. The monoisotopic (exact) mass is 348 g/mol. The Kier molecular flexibility index (Phi) is 8.16. The quantitative estimate of drug-likeness (QED) is 0.492. The van der Waals surface area contributed by atoms with Gasteiger partial charge in [0.15, 0.2) is 0 Å². The third kappa shape index (κ3) is 6.98. The minimum absolute atomic E-state index is 0.196. The minimum atomic E-state index is -0.727. The van der Waals surface area contributed by atoms with Crippen molar-refractivity contribution in [1.82, 2.24) is 10.6 Å². The Morgan fingerprint density at radius 1 is 1.04 bits per heavy atom. The molecule has 0 saturated carbocycles. The van der Waals surface area contributed by atoms with E-state index in [2.05, 4.69) is 16.4 Å². The molecule has 0 fully saturated rings. The molecule has 0 aromatic carbocycles. The van der Waals surface area contributed by atoms with E-state index in [1.165, 1.54) is 7.11 Å². The summed E-state index contributed by atoms with van der Waals surface area (Å²) < 4.78 is 4.77. The van der Waals surface area contributed by atoms with Gasteiger partial charge in [-0.1, -0.05) is 33.8 Å². The second-order valence-electron chi connectivity index (χ2n) is 6.95. The molecule has 6 nitrogen and oxygen atoms in total. The number of ether oxygens (including phenoxy) is 1. The lowest BCUT2D eigenvalue weighted by Crippen LogP contribution is -2.52. The fourth-order valence-corrected chi connectivity index (χ4v) is 2.51. The van der Waals surface area contributed by atoms with E-state index in [1.54, 1.807) is 18.2 Å². The molecule has 138 valence electrons. The van der Waals surface area contributed by atoms with Gasteiger partial charge in [0.25, 0.3) is 5.91 Å². The van der Waals surface area contributed by atoms with Gasteiger partial charge in [0.05, 0.1) is 12.7 Å². The van der Waals surface area contributed by atoms with Crippen LogP contribution < -0.4 is 10.6 Å². The molecule has 0 radical (unpaired) electrons. The maximum absolute atomic E-state index is 12.7. The van der Waals surface area contributed by atoms with E-state index in [0.29, 0.717) is 18.4 Å². The van der Waals surface area contributed by atoms with Gasteiger partial charge in [0, 0.05) is 0 Å². The van der Waals surface area contributed by atoms with Gasteiger partial charge in [-0.3, -0.25) is 9.59 Å². The first kappa shape index (κ1) is 20.7. The normalized spacial score (nSPS) is 15.1. The van der Waals surface area contributed by atoms with Crippen LogP contribution in [0.1, 0.15) is 40.5 Å². The zero-order valence-electron chi connectivity index (χ0n) is 15.6. The summed E-state index contributed by atoms with van der Waals surface area (Å²) in [6.45, 7) is 7.85. The molecule has 2 atom stereocenters. The molecule has 1 rings (SSSR count). The van der Waals surface area contributed by atoms with E-state index < -0.39 is 18.1 Å². The van der Waals surface area contributed by atoms with Crippen molar-refractivity contribution in [3.63, 3.8) is 0 Å². The van der Waals surface area contributed by atoms with Crippen LogP contribution in [0.25, 0.3) is 0 Å². The van der Waals surface area contributed by atoms with Crippen LogP contribution in [0.5, 0.6) is 0 Å². The summed E-state index contributed by atoms with van der Waals surface area (Å²) in [6, 6.07) is -1.45. The molecule has 0 aliphatic heterocycles. The maximum Gasteiger partial charge on any atom is 0.328 e. The average Bonchev–Trinajstić information content (AvgIpc) is 3.06. The second kappa shape index (κ2) is 9.84. The molecule has 0 aromatic heterocycles. The number of hydrogen-bond acceptors (Lipinski definition) is 4. The summed E-state index contributed by atoms with van der Waals surface area (Å²) in [5.74, 6) is -0.821. The van der Waals surface area contributed by atoms with Crippen molar-refractivity contribution in [3.05, 3.63) is 29.5 Å². The molecule has 25 heavy (non-hydrogen) atoms. The van der Waals surface area contributed by atoms with Crippen molar-refractivity contribution < 1.29 is 19.1 Å². The van der Waals surface area contributed by atoms with Gasteiger partial charge in [-0.15, -0.1) is 5.73 Å². The highest BCUT2D eigenvalue weighted by molar-refractivity contribution is 5.99. The van der Waals surface area contributed by atoms with Crippen LogP contribution >= 0.6 is 0 Å². The van der Waals surface area contributed by atoms with Gasteiger partial charge in [0.1, 0.15) is 12.1 Å². The number of carbonyl (C=O) groups excluding carboxylic acids is 3. The molecule has 0 heterocycles. The van der Waals surface area contributed by atoms with Crippen LogP contribution in [-0.4, -0.2) is 37.0 Å². The molecule has 2 amide bonds. The first-order valence-electron chi connectivity index (χ1n) is 8.57. The summed E-state index contributed by atoms with van der Waals surface area (Å²) in [5, 5.41) is 5.45. The van der Waals surface area contributed by atoms with Gasteiger partial charge >= 0.3 is 5.97 Å². The Morgan fingerprint density at radius 3 is 2.12 bits per heavy atom. The van der Waals surface area contributed by atoms with Crippen LogP contribution in [0.3, 0.4) is 0 Å². The van der Waals surface area contributed by atoms with Crippen LogP contribution in [0, 0.1) is 11.8 Å². The van der Waals surface area contributed by atoms with Crippen LogP contribution in [-0.2, 0) is 19.1 Å². The standard InChI is InChI=1S/C19H28N2O4/c1-12(2)10-15(20-17(22)14-8-6-7-9-14)18(23)21-16(11-13(3)4)19(24)25-5/h6-8,12-13,15-16H,10-11H2,1-5H3,(H,20,22)(H,21,23)/t15-,16-/m0/s1. The predicted octanol–water partition coefficient (Wildman–Crippen LogP) is 1.87. The Bertz CT molecular complexity index is 599. The summed E-state index contributed by atoms with van der Waals surface area (Å²) >= 11 is 0. The highest BCUT2D eigenvalue weighted by atomic mass is 16.5. The van der Waals surface area contributed by atoms with Crippen molar-refractivity contribution in [2.24, 2.45) is 11.8 Å². The van der Waals surface area contributed by atoms with E-state index in [0.717, 1.165) is 0 Å². The number of esters is 1. The minimum Gasteiger partial charge on any atom is -0.467 e. The van der Waals surface area contributed by atoms with E-state index >= 15 is 0 Å². The highest BCUT2D eigenvalue weighted by Crippen LogP contribution is 2.11. The summed E-state index contributed by atoms with van der Waals surface area (Å²) in [6.07, 6.45) is 5.92. The van der Waals surface area contributed by atoms with E-state index in [-0.39, 0.29) is 23.7 Å². The summed E-state index contributed by atoms with van der Waals surface area (Å²) in [4.78, 5) is 36.8. The molecule has 1 aliphatic carbocycles. The van der Waals surface area contributed by atoms with Crippen molar-refractivity contribution in [1.29, 1.82) is 0 Å². The van der Waals surface area contributed by atoms with Crippen molar-refractivity contribution in [3.8, 4) is 0 Å². The number of allylic oxidation sites excluding steroid dienone is 1. The first-order chi connectivity index (χ1) is 11.7. The predicted molar refractivity (Wildman–Crippen MR) is 95.5 cm³/mol. The summed E-state index contributed by atoms with van der Waals surface area (Å²) in [7, 11) is 1.29. The lowest BCUT2D eigenvalue weighted by atomic mass is 10.0. The van der Waals surface area contributed by atoms with Crippen LogP contribution in [0.4, 0.5) is 0 Å². The Morgan fingerprint density at radius 2 is 1.64 bits per heavy atom. The van der Waals surface area contributed by atoms with Gasteiger partial charge in [0.2, 0.25) is 5.91 Å². The molecule has 1 aliphatic rings. The van der Waals surface area contributed by atoms with E-state index in [4.69, 9.17) is 4.74 Å². The third-order valence-corrected chi connectivity index (χ3v) is 3.68. The molecule has 0 aromatic rings. The molecule has 0 bridgehead atoms. The second-order valence-corrected chi connectivity index (χ2v) is 6.95. The highest BCUT2D eigenvalue weighted by Gasteiger charge is 2.28. The average molecular weight is 348 g/mol. The topological polar surface area (TPSA) is 84.5 Å². The lowest BCUT2D eigenvalue weighted by molar-refractivity contribution is -0.145. The van der Waals surface area contributed by atoms with Crippen molar-refractivity contribution in [2.75, 3.05) is 7.11 Å². The molecular formula is C19H28N2O4.